The number of hydrogen-bond donors (Lipinski definition) is 0. The predicted molar refractivity (Wildman–Crippen MR) is 76.1 cm³/mol. The molecular formula is C15H24N2O2. The van der Waals surface area contributed by atoms with E-state index in [9.17, 15) is 4.79 Å². The van der Waals surface area contributed by atoms with E-state index in [0.29, 0.717) is 6.61 Å². The molecule has 4 heteroatoms. The number of likely N-dealkylation sites (tertiary alicyclic amines) is 2. The number of allylic oxidation sites excluding steroid dienone is 2. The van der Waals surface area contributed by atoms with Crippen molar-refractivity contribution < 1.29 is 9.53 Å². The molecule has 2 aliphatic heterocycles. The third kappa shape index (κ3) is 2.84. The number of ether oxygens (including phenoxy) is 1. The molecule has 4 nitrogen and oxygen atoms in total. The van der Waals surface area contributed by atoms with Crippen LogP contribution in [0.2, 0.25) is 0 Å². The Balaban J connectivity index is 1.89. The van der Waals surface area contributed by atoms with Crippen molar-refractivity contribution in [2.24, 2.45) is 0 Å². The van der Waals surface area contributed by atoms with Gasteiger partial charge in [0.05, 0.1) is 5.54 Å². The van der Waals surface area contributed by atoms with Crippen molar-refractivity contribution in [1.82, 2.24) is 9.80 Å². The van der Waals surface area contributed by atoms with Crippen LogP contribution >= 0.6 is 0 Å². The number of nitrogens with zero attached hydrogens (tertiary/aromatic N) is 2. The molecule has 2 saturated heterocycles. The van der Waals surface area contributed by atoms with Gasteiger partial charge >= 0.3 is 6.09 Å². The van der Waals surface area contributed by atoms with E-state index in [4.69, 9.17) is 4.74 Å². The fraction of sp³-hybridized carbons (Fsp3) is 0.667. The molecule has 0 N–H and O–H groups in total. The van der Waals surface area contributed by atoms with Gasteiger partial charge in [-0.25, -0.2) is 4.79 Å². The van der Waals surface area contributed by atoms with Crippen LogP contribution in [0.5, 0.6) is 0 Å². The van der Waals surface area contributed by atoms with Crippen LogP contribution in [-0.2, 0) is 4.74 Å². The summed E-state index contributed by atoms with van der Waals surface area (Å²) < 4.78 is 5.45. The molecule has 2 rings (SSSR count). The summed E-state index contributed by atoms with van der Waals surface area (Å²) in [6.07, 6.45) is 6.58. The number of rotatable bonds is 4. The second kappa shape index (κ2) is 5.78. The van der Waals surface area contributed by atoms with Gasteiger partial charge in [-0.1, -0.05) is 25.7 Å². The van der Waals surface area contributed by atoms with Crippen LogP contribution in [-0.4, -0.2) is 54.7 Å². The van der Waals surface area contributed by atoms with E-state index >= 15 is 0 Å². The molecule has 0 saturated carbocycles. The molecule has 2 fully saturated rings. The first-order chi connectivity index (χ1) is 9.11. The maximum absolute atomic E-state index is 12.2. The number of likely N-dealkylation sites (N-methyl/N-ethyl adjacent to an activating group) is 1. The zero-order chi connectivity index (χ0) is 13.9. The molecule has 0 aromatic rings. The number of amides is 1. The third-order valence-corrected chi connectivity index (χ3v) is 4.13. The van der Waals surface area contributed by atoms with Gasteiger partial charge in [0.1, 0.15) is 6.61 Å². The molecule has 19 heavy (non-hydrogen) atoms. The van der Waals surface area contributed by atoms with E-state index in [-0.39, 0.29) is 11.6 Å². The van der Waals surface area contributed by atoms with Crippen molar-refractivity contribution in [3.8, 4) is 0 Å². The van der Waals surface area contributed by atoms with Crippen molar-refractivity contribution in [3.05, 3.63) is 24.3 Å². The lowest BCUT2D eigenvalue weighted by Gasteiger charge is -2.50. The molecule has 0 radical (unpaired) electrons. The summed E-state index contributed by atoms with van der Waals surface area (Å²) >= 11 is 0. The summed E-state index contributed by atoms with van der Waals surface area (Å²) in [5.41, 5.74) is 1.16. The van der Waals surface area contributed by atoms with Crippen LogP contribution in [0.4, 0.5) is 4.79 Å². The van der Waals surface area contributed by atoms with Crippen LogP contribution in [0.3, 0.4) is 0 Å². The van der Waals surface area contributed by atoms with Gasteiger partial charge in [0, 0.05) is 19.6 Å². The van der Waals surface area contributed by atoms with Gasteiger partial charge in [0.2, 0.25) is 0 Å². The zero-order valence-electron chi connectivity index (χ0n) is 12.0. The summed E-state index contributed by atoms with van der Waals surface area (Å²) in [6, 6.07) is 0. The molecule has 1 spiro atoms. The zero-order valence-corrected chi connectivity index (χ0v) is 12.0. The number of carbonyl (C=O) groups excluding carboxylic acids is 1. The van der Waals surface area contributed by atoms with Crippen molar-refractivity contribution >= 4 is 6.09 Å². The molecule has 0 bridgehead atoms. The molecule has 0 unspecified atom stereocenters. The van der Waals surface area contributed by atoms with Crippen LogP contribution in [0.25, 0.3) is 0 Å². The highest BCUT2D eigenvalue weighted by Crippen LogP contribution is 2.37. The maximum Gasteiger partial charge on any atom is 0.410 e. The first kappa shape index (κ1) is 14.1. The van der Waals surface area contributed by atoms with Gasteiger partial charge in [-0.05, 0) is 31.9 Å². The summed E-state index contributed by atoms with van der Waals surface area (Å²) in [6.45, 7) is 8.90. The maximum atomic E-state index is 12.2. The van der Waals surface area contributed by atoms with E-state index in [1.165, 1.54) is 0 Å². The molecule has 106 valence electrons. The Labute approximate surface area is 115 Å². The quantitative estimate of drug-likeness (QED) is 0.731. The van der Waals surface area contributed by atoms with E-state index in [2.05, 4.69) is 25.5 Å². The highest BCUT2D eigenvalue weighted by molar-refractivity contribution is 5.70. The summed E-state index contributed by atoms with van der Waals surface area (Å²) in [5.74, 6) is 0. The summed E-state index contributed by atoms with van der Waals surface area (Å²) in [4.78, 5) is 16.4. The Hall–Kier alpha value is -1.29. The van der Waals surface area contributed by atoms with E-state index in [0.717, 1.165) is 44.5 Å². The highest BCUT2D eigenvalue weighted by atomic mass is 16.6. The molecule has 0 aromatic carbocycles. The lowest BCUT2D eigenvalue weighted by molar-refractivity contribution is -0.0122. The minimum absolute atomic E-state index is 0.0559. The Kier molecular flexibility index (Phi) is 4.30. The van der Waals surface area contributed by atoms with Gasteiger partial charge in [-0.15, -0.1) is 0 Å². The monoisotopic (exact) mass is 264 g/mol. The predicted octanol–water partition coefficient (Wildman–Crippen LogP) is 2.43. The van der Waals surface area contributed by atoms with Crippen molar-refractivity contribution in [2.45, 2.75) is 31.7 Å². The van der Waals surface area contributed by atoms with Crippen LogP contribution < -0.4 is 0 Å². The van der Waals surface area contributed by atoms with Crippen LogP contribution in [0.1, 0.15) is 26.2 Å². The Morgan fingerprint density at radius 1 is 1.47 bits per heavy atom. The average Bonchev–Trinajstić information content (AvgIpc) is 2.78. The minimum atomic E-state index is -0.158. The van der Waals surface area contributed by atoms with Crippen molar-refractivity contribution in [1.29, 1.82) is 0 Å². The Morgan fingerprint density at radius 3 is 2.79 bits per heavy atom. The molecular weight excluding hydrogens is 240 g/mol. The largest absolute Gasteiger partial charge is 0.445 e. The number of carbonyl (C=O) groups is 1. The fourth-order valence-corrected chi connectivity index (χ4v) is 3.18. The van der Waals surface area contributed by atoms with E-state index < -0.39 is 0 Å². The van der Waals surface area contributed by atoms with E-state index in [1.807, 2.05) is 11.0 Å². The second-order valence-electron chi connectivity index (χ2n) is 5.62. The average molecular weight is 264 g/mol. The number of hydrogen-bond acceptors (Lipinski definition) is 3. The fourth-order valence-electron chi connectivity index (χ4n) is 3.18. The van der Waals surface area contributed by atoms with Gasteiger partial charge in [-0.2, -0.15) is 0 Å². The summed E-state index contributed by atoms with van der Waals surface area (Å²) in [7, 11) is 2.09. The first-order valence-electron chi connectivity index (χ1n) is 7.05. The molecule has 1 amide bonds. The molecule has 0 aromatic heterocycles. The lowest BCUT2D eigenvalue weighted by Crippen LogP contribution is -2.67. The lowest BCUT2D eigenvalue weighted by atomic mass is 9.88. The summed E-state index contributed by atoms with van der Waals surface area (Å²) in [5, 5.41) is 0. The molecule has 2 heterocycles. The third-order valence-electron chi connectivity index (χ3n) is 4.13. The Bertz CT molecular complexity index is 384. The van der Waals surface area contributed by atoms with E-state index in [1.54, 1.807) is 6.08 Å². The molecule has 0 atom stereocenters. The highest BCUT2D eigenvalue weighted by Gasteiger charge is 2.51. The topological polar surface area (TPSA) is 32.8 Å². The Morgan fingerprint density at radius 2 is 2.21 bits per heavy atom. The SMILES string of the molecule is C=C/C=C(\CC)COC(=O)N1CCCC12CN(C)C2. The standard InChI is InChI=1S/C15H24N2O2/c1-4-7-13(5-2)10-19-14(18)17-9-6-8-15(17)11-16(3)12-15/h4,7H,1,5-6,8-12H2,2-3H3/b13-7+. The first-order valence-corrected chi connectivity index (χ1v) is 7.05. The molecule has 2 aliphatic rings. The van der Waals surface area contributed by atoms with Gasteiger partial charge in [0.15, 0.2) is 0 Å². The molecule has 0 aliphatic carbocycles. The van der Waals surface area contributed by atoms with Crippen LogP contribution in [0.15, 0.2) is 24.3 Å². The van der Waals surface area contributed by atoms with Crippen LogP contribution in [0, 0.1) is 0 Å². The normalized spacial score (nSPS) is 22.4. The minimum Gasteiger partial charge on any atom is -0.445 e. The van der Waals surface area contributed by atoms with Gasteiger partial charge < -0.3 is 9.64 Å². The van der Waals surface area contributed by atoms with Gasteiger partial charge in [0.25, 0.3) is 0 Å². The van der Waals surface area contributed by atoms with Crippen molar-refractivity contribution in [3.63, 3.8) is 0 Å². The van der Waals surface area contributed by atoms with Crippen molar-refractivity contribution in [2.75, 3.05) is 33.3 Å². The smallest absolute Gasteiger partial charge is 0.410 e. The second-order valence-corrected chi connectivity index (χ2v) is 5.62. The van der Waals surface area contributed by atoms with Gasteiger partial charge in [-0.3, -0.25) is 4.90 Å².